The minimum atomic E-state index is -0.0959. The quantitative estimate of drug-likeness (QED) is 0.874. The lowest BCUT2D eigenvalue weighted by atomic mass is 10.0. The fraction of sp³-hybridized carbons (Fsp3) is 0.286. The summed E-state index contributed by atoms with van der Waals surface area (Å²) >= 11 is 0. The Morgan fingerprint density at radius 1 is 1.56 bits per heavy atom. The molecular weight excluding hydrogens is 226 g/mol. The first kappa shape index (κ1) is 12.3. The molecule has 4 nitrogen and oxygen atoms in total. The van der Waals surface area contributed by atoms with Crippen LogP contribution >= 0.6 is 0 Å². The van der Waals surface area contributed by atoms with Crippen LogP contribution in [0.4, 0.5) is 0 Å². The highest BCUT2D eigenvalue weighted by Crippen LogP contribution is 2.23. The number of fused-ring (bicyclic) bond motifs is 1. The van der Waals surface area contributed by atoms with Gasteiger partial charge in [0.2, 0.25) is 5.91 Å². The number of benzene rings is 1. The maximum absolute atomic E-state index is 11.5. The Morgan fingerprint density at radius 3 is 2.83 bits per heavy atom. The van der Waals surface area contributed by atoms with Crippen molar-refractivity contribution in [1.82, 2.24) is 4.57 Å². The Morgan fingerprint density at radius 2 is 2.28 bits per heavy atom. The molecule has 2 aromatic rings. The summed E-state index contributed by atoms with van der Waals surface area (Å²) in [6.07, 6.45) is 2.42. The molecule has 1 heterocycles. The van der Waals surface area contributed by atoms with Gasteiger partial charge in [0, 0.05) is 24.5 Å². The summed E-state index contributed by atoms with van der Waals surface area (Å²) in [5, 5.41) is 10.1. The number of nitrogens with two attached hydrogens (primary N) is 1. The van der Waals surface area contributed by atoms with Crippen LogP contribution in [0.15, 0.2) is 24.4 Å². The van der Waals surface area contributed by atoms with E-state index >= 15 is 0 Å². The van der Waals surface area contributed by atoms with Crippen molar-refractivity contribution in [3.8, 4) is 6.07 Å². The van der Waals surface area contributed by atoms with E-state index in [-0.39, 0.29) is 11.9 Å². The van der Waals surface area contributed by atoms with Gasteiger partial charge in [-0.3, -0.25) is 9.36 Å². The van der Waals surface area contributed by atoms with Crippen molar-refractivity contribution < 1.29 is 4.79 Å². The van der Waals surface area contributed by atoms with Crippen LogP contribution < -0.4 is 5.73 Å². The van der Waals surface area contributed by atoms with E-state index in [9.17, 15) is 10.1 Å². The first-order chi connectivity index (χ1) is 8.52. The first-order valence-corrected chi connectivity index (χ1v) is 5.83. The maximum Gasteiger partial charge on any atom is 0.227 e. The van der Waals surface area contributed by atoms with Gasteiger partial charge in [-0.05, 0) is 37.1 Å². The Kier molecular flexibility index (Phi) is 3.17. The van der Waals surface area contributed by atoms with Crippen LogP contribution in [0.25, 0.3) is 10.9 Å². The van der Waals surface area contributed by atoms with Gasteiger partial charge in [-0.25, -0.2) is 0 Å². The molecule has 0 aliphatic heterocycles. The number of hydrogen-bond acceptors (Lipinski definition) is 3. The lowest BCUT2D eigenvalue weighted by Crippen LogP contribution is -2.17. The summed E-state index contributed by atoms with van der Waals surface area (Å²) < 4.78 is 1.50. The Balaban J connectivity index is 2.66. The molecular formula is C14H15N3O. The van der Waals surface area contributed by atoms with E-state index in [0.29, 0.717) is 11.1 Å². The second-order valence-electron chi connectivity index (χ2n) is 4.58. The summed E-state index contributed by atoms with van der Waals surface area (Å²) in [6.45, 7) is 3.41. The molecule has 2 N–H and O–H groups in total. The van der Waals surface area contributed by atoms with Crippen LogP contribution in [0, 0.1) is 11.3 Å². The zero-order valence-corrected chi connectivity index (χ0v) is 10.5. The molecule has 4 heteroatoms. The van der Waals surface area contributed by atoms with Crippen molar-refractivity contribution in [1.29, 1.82) is 5.26 Å². The Hall–Kier alpha value is -2.12. The summed E-state index contributed by atoms with van der Waals surface area (Å²) in [5.74, 6) is -0.0959. The average molecular weight is 241 g/mol. The lowest BCUT2D eigenvalue weighted by molar-refractivity contribution is 0.0941. The number of nitrogens with zero attached hydrogens (tertiary/aromatic N) is 2. The fourth-order valence-electron chi connectivity index (χ4n) is 2.18. The van der Waals surface area contributed by atoms with E-state index in [2.05, 4.69) is 6.07 Å². The standard InChI is InChI=1S/C14H15N3O/c1-9(16)5-11-6-12-3-4-17(10(2)18)14(12)13(7-11)8-15/h3-4,6-7,9H,5,16H2,1-2H3. The number of carbonyl (C=O) groups is 1. The highest BCUT2D eigenvalue weighted by Gasteiger charge is 2.11. The van der Waals surface area contributed by atoms with Crippen LogP contribution in [-0.2, 0) is 6.42 Å². The van der Waals surface area contributed by atoms with Crippen LogP contribution in [0.1, 0.15) is 29.8 Å². The molecule has 1 aromatic heterocycles. The molecule has 0 bridgehead atoms. The number of nitriles is 1. The summed E-state index contributed by atoms with van der Waals surface area (Å²) in [4.78, 5) is 11.5. The van der Waals surface area contributed by atoms with Crippen molar-refractivity contribution in [2.45, 2.75) is 26.3 Å². The van der Waals surface area contributed by atoms with Gasteiger partial charge in [0.15, 0.2) is 0 Å². The van der Waals surface area contributed by atoms with Gasteiger partial charge in [0.1, 0.15) is 6.07 Å². The largest absolute Gasteiger partial charge is 0.328 e. The number of rotatable bonds is 2. The molecule has 0 aliphatic rings. The zero-order valence-electron chi connectivity index (χ0n) is 10.5. The molecule has 0 radical (unpaired) electrons. The van der Waals surface area contributed by atoms with Gasteiger partial charge < -0.3 is 5.73 Å². The van der Waals surface area contributed by atoms with Crippen molar-refractivity contribution in [3.05, 3.63) is 35.5 Å². The van der Waals surface area contributed by atoms with Gasteiger partial charge >= 0.3 is 0 Å². The summed E-state index contributed by atoms with van der Waals surface area (Å²) in [5.41, 5.74) is 7.99. The Labute approximate surface area is 106 Å². The molecule has 1 atom stereocenters. The van der Waals surface area contributed by atoms with E-state index in [1.54, 1.807) is 6.20 Å². The number of hydrogen-bond donors (Lipinski definition) is 1. The predicted octanol–water partition coefficient (Wildman–Crippen LogP) is 2.06. The third-order valence-corrected chi connectivity index (χ3v) is 2.86. The minimum Gasteiger partial charge on any atom is -0.328 e. The van der Waals surface area contributed by atoms with E-state index < -0.39 is 0 Å². The molecule has 0 saturated carbocycles. The zero-order chi connectivity index (χ0) is 13.3. The molecule has 1 aromatic carbocycles. The third-order valence-electron chi connectivity index (χ3n) is 2.86. The van der Waals surface area contributed by atoms with Gasteiger partial charge in [0.05, 0.1) is 11.1 Å². The molecule has 0 amide bonds. The van der Waals surface area contributed by atoms with E-state index in [1.165, 1.54) is 11.5 Å². The molecule has 0 aliphatic carbocycles. The van der Waals surface area contributed by atoms with Crippen molar-refractivity contribution in [2.75, 3.05) is 0 Å². The van der Waals surface area contributed by atoms with Crippen molar-refractivity contribution in [3.63, 3.8) is 0 Å². The SMILES string of the molecule is CC(=O)n1ccc2cc(CC(C)N)cc(C#N)c21. The monoisotopic (exact) mass is 241 g/mol. The Bertz CT molecular complexity index is 647. The smallest absolute Gasteiger partial charge is 0.227 e. The molecule has 1 unspecified atom stereocenters. The third kappa shape index (κ3) is 2.13. The van der Waals surface area contributed by atoms with Gasteiger partial charge in [-0.15, -0.1) is 0 Å². The van der Waals surface area contributed by atoms with E-state index in [1.807, 2.05) is 25.1 Å². The van der Waals surface area contributed by atoms with Crippen molar-refractivity contribution >= 4 is 16.8 Å². The molecule has 18 heavy (non-hydrogen) atoms. The predicted molar refractivity (Wildman–Crippen MR) is 70.3 cm³/mol. The molecule has 0 saturated heterocycles. The van der Waals surface area contributed by atoms with Gasteiger partial charge in [0.25, 0.3) is 0 Å². The second kappa shape index (κ2) is 4.63. The second-order valence-corrected chi connectivity index (χ2v) is 4.58. The first-order valence-electron chi connectivity index (χ1n) is 5.83. The maximum atomic E-state index is 11.5. The number of carbonyl (C=O) groups excluding carboxylic acids is 1. The summed E-state index contributed by atoms with van der Waals surface area (Å²) in [6, 6.07) is 7.84. The average Bonchev–Trinajstić information content (AvgIpc) is 2.70. The highest BCUT2D eigenvalue weighted by atomic mass is 16.1. The van der Waals surface area contributed by atoms with E-state index in [4.69, 9.17) is 5.73 Å². The minimum absolute atomic E-state index is 0.0453. The van der Waals surface area contributed by atoms with Gasteiger partial charge in [-0.1, -0.05) is 0 Å². The van der Waals surface area contributed by atoms with Crippen molar-refractivity contribution in [2.24, 2.45) is 5.73 Å². The molecule has 92 valence electrons. The highest BCUT2D eigenvalue weighted by molar-refractivity contribution is 5.95. The topological polar surface area (TPSA) is 71.8 Å². The lowest BCUT2D eigenvalue weighted by Gasteiger charge is -2.08. The molecule has 2 rings (SSSR count). The summed E-state index contributed by atoms with van der Waals surface area (Å²) in [7, 11) is 0. The van der Waals surface area contributed by atoms with Crippen LogP contribution in [0.3, 0.4) is 0 Å². The van der Waals surface area contributed by atoms with E-state index in [0.717, 1.165) is 17.4 Å². The van der Waals surface area contributed by atoms with Crippen LogP contribution in [0.2, 0.25) is 0 Å². The molecule has 0 fully saturated rings. The van der Waals surface area contributed by atoms with Gasteiger partial charge in [-0.2, -0.15) is 5.26 Å². The number of aromatic nitrogens is 1. The van der Waals surface area contributed by atoms with Crippen LogP contribution in [0.5, 0.6) is 0 Å². The normalized spacial score (nSPS) is 12.3. The fourth-order valence-corrected chi connectivity index (χ4v) is 2.18. The van der Waals surface area contributed by atoms with Crippen LogP contribution in [-0.4, -0.2) is 16.5 Å². The molecule has 0 spiro atoms.